The average molecular weight is 197 g/mol. The maximum Gasteiger partial charge on any atom is 0.337 e. The number of thiol groups is 1. The average Bonchev–Trinajstić information content (AvgIpc) is 2.08. The second-order valence-corrected chi connectivity index (χ2v) is 2.75. The number of halogens is 1. The Labute approximate surface area is 78.8 Å². The minimum atomic E-state index is -1.27. The molecule has 1 rings (SSSR count). The molecule has 0 radical (unpaired) electrons. The first-order valence-corrected chi connectivity index (χ1v) is 3.67. The van der Waals surface area contributed by atoms with E-state index in [1.807, 2.05) is 0 Å². The molecular formula is C8H4FNO2S. The number of carboxylic acids is 1. The quantitative estimate of drug-likeness (QED) is 0.673. The molecule has 0 saturated carbocycles. The van der Waals surface area contributed by atoms with Gasteiger partial charge in [0.15, 0.2) is 0 Å². The number of aromatic carboxylic acids is 1. The lowest BCUT2D eigenvalue weighted by Crippen LogP contribution is -2.01. The van der Waals surface area contributed by atoms with Crippen LogP contribution in [0.2, 0.25) is 0 Å². The van der Waals surface area contributed by atoms with Gasteiger partial charge in [-0.05, 0) is 12.1 Å². The molecule has 66 valence electrons. The zero-order valence-electron chi connectivity index (χ0n) is 6.28. The summed E-state index contributed by atoms with van der Waals surface area (Å²) >= 11 is 3.70. The first-order valence-electron chi connectivity index (χ1n) is 3.22. The Morgan fingerprint density at radius 3 is 2.69 bits per heavy atom. The van der Waals surface area contributed by atoms with Gasteiger partial charge in [-0.2, -0.15) is 5.26 Å². The van der Waals surface area contributed by atoms with Crippen LogP contribution in [0.15, 0.2) is 17.0 Å². The van der Waals surface area contributed by atoms with Crippen molar-refractivity contribution in [1.29, 1.82) is 5.26 Å². The van der Waals surface area contributed by atoms with Crippen LogP contribution in [0.25, 0.3) is 0 Å². The van der Waals surface area contributed by atoms with Crippen LogP contribution >= 0.6 is 12.6 Å². The molecule has 0 spiro atoms. The Bertz CT molecular complexity index is 411. The van der Waals surface area contributed by atoms with Gasteiger partial charge in [-0.25, -0.2) is 9.18 Å². The van der Waals surface area contributed by atoms with Crippen molar-refractivity contribution >= 4 is 18.6 Å². The molecule has 13 heavy (non-hydrogen) atoms. The molecule has 0 aliphatic rings. The van der Waals surface area contributed by atoms with Crippen LogP contribution in [0.1, 0.15) is 15.9 Å². The lowest BCUT2D eigenvalue weighted by Gasteiger charge is -2.00. The van der Waals surface area contributed by atoms with E-state index in [9.17, 15) is 9.18 Å². The first-order chi connectivity index (χ1) is 6.06. The van der Waals surface area contributed by atoms with Crippen LogP contribution in [0.3, 0.4) is 0 Å². The van der Waals surface area contributed by atoms with Crippen molar-refractivity contribution in [2.75, 3.05) is 0 Å². The minimum absolute atomic E-state index is 0.0867. The highest BCUT2D eigenvalue weighted by Gasteiger charge is 2.12. The largest absolute Gasteiger partial charge is 0.478 e. The summed E-state index contributed by atoms with van der Waals surface area (Å²) in [6.45, 7) is 0. The molecule has 0 saturated heterocycles. The van der Waals surface area contributed by atoms with E-state index in [0.717, 1.165) is 12.1 Å². The molecule has 0 amide bonds. The van der Waals surface area contributed by atoms with E-state index in [0.29, 0.717) is 0 Å². The molecule has 0 heterocycles. The predicted molar refractivity (Wildman–Crippen MR) is 45.3 cm³/mol. The molecule has 1 N–H and O–H groups in total. The van der Waals surface area contributed by atoms with Crippen molar-refractivity contribution in [3.8, 4) is 6.07 Å². The molecule has 5 heteroatoms. The summed E-state index contributed by atoms with van der Waals surface area (Å²) in [4.78, 5) is 10.4. The molecular weight excluding hydrogens is 193 g/mol. The number of hydrogen-bond donors (Lipinski definition) is 2. The van der Waals surface area contributed by atoms with E-state index in [2.05, 4.69) is 12.6 Å². The van der Waals surface area contributed by atoms with Gasteiger partial charge in [0.05, 0.1) is 11.1 Å². The van der Waals surface area contributed by atoms with Gasteiger partial charge in [-0.15, -0.1) is 12.6 Å². The van der Waals surface area contributed by atoms with Crippen LogP contribution < -0.4 is 0 Å². The van der Waals surface area contributed by atoms with Crippen LogP contribution in [0.4, 0.5) is 4.39 Å². The minimum Gasteiger partial charge on any atom is -0.478 e. The SMILES string of the molecule is N#Cc1cc(F)c(S)cc1C(=O)O. The molecule has 0 bridgehead atoms. The van der Waals surface area contributed by atoms with E-state index in [4.69, 9.17) is 10.4 Å². The zero-order chi connectivity index (χ0) is 10.0. The highest BCUT2D eigenvalue weighted by molar-refractivity contribution is 7.80. The summed E-state index contributed by atoms with van der Waals surface area (Å²) in [6, 6.07) is 3.46. The van der Waals surface area contributed by atoms with E-state index < -0.39 is 11.8 Å². The van der Waals surface area contributed by atoms with E-state index in [1.54, 1.807) is 6.07 Å². The van der Waals surface area contributed by atoms with Crippen molar-refractivity contribution in [1.82, 2.24) is 0 Å². The molecule has 0 atom stereocenters. The number of benzene rings is 1. The Morgan fingerprint density at radius 2 is 2.23 bits per heavy atom. The number of rotatable bonds is 1. The van der Waals surface area contributed by atoms with Crippen molar-refractivity contribution in [2.45, 2.75) is 4.90 Å². The molecule has 0 fully saturated rings. The summed E-state index contributed by atoms with van der Waals surface area (Å²) in [5.74, 6) is -1.98. The Morgan fingerprint density at radius 1 is 1.62 bits per heavy atom. The fourth-order valence-electron chi connectivity index (χ4n) is 0.831. The van der Waals surface area contributed by atoms with Crippen LogP contribution in [-0.2, 0) is 0 Å². The lowest BCUT2D eigenvalue weighted by molar-refractivity contribution is 0.0696. The summed E-state index contributed by atoms with van der Waals surface area (Å²) in [5.41, 5.74) is -0.447. The van der Waals surface area contributed by atoms with E-state index in [-0.39, 0.29) is 16.0 Å². The normalized spacial score (nSPS) is 9.31. The van der Waals surface area contributed by atoms with Crippen molar-refractivity contribution in [2.24, 2.45) is 0 Å². The molecule has 0 unspecified atom stereocenters. The third-order valence-electron chi connectivity index (χ3n) is 1.44. The molecule has 1 aromatic rings. The third-order valence-corrected chi connectivity index (χ3v) is 1.78. The standard InChI is InChI=1S/C8H4FNO2S/c9-6-1-4(3-10)5(8(11)12)2-7(6)13/h1-2,13H,(H,11,12). The van der Waals surface area contributed by atoms with Crippen molar-refractivity contribution in [3.05, 3.63) is 29.1 Å². The highest BCUT2D eigenvalue weighted by atomic mass is 32.1. The fourth-order valence-corrected chi connectivity index (χ4v) is 1.02. The number of carboxylic acid groups (broad SMARTS) is 1. The highest BCUT2D eigenvalue weighted by Crippen LogP contribution is 2.18. The smallest absolute Gasteiger partial charge is 0.337 e. The fraction of sp³-hybridized carbons (Fsp3) is 0. The van der Waals surface area contributed by atoms with Gasteiger partial charge in [0.25, 0.3) is 0 Å². The zero-order valence-corrected chi connectivity index (χ0v) is 7.18. The number of nitriles is 1. The van der Waals surface area contributed by atoms with E-state index >= 15 is 0 Å². The van der Waals surface area contributed by atoms with Gasteiger partial charge in [-0.1, -0.05) is 0 Å². The van der Waals surface area contributed by atoms with Gasteiger partial charge < -0.3 is 5.11 Å². The first kappa shape index (κ1) is 9.55. The Balaban J connectivity index is 3.44. The number of nitrogens with zero attached hydrogens (tertiary/aromatic N) is 1. The molecule has 1 aromatic carbocycles. The number of hydrogen-bond acceptors (Lipinski definition) is 3. The second kappa shape index (κ2) is 3.46. The number of carbonyl (C=O) groups is 1. The molecule has 0 aliphatic heterocycles. The molecule has 0 aliphatic carbocycles. The van der Waals surface area contributed by atoms with Crippen LogP contribution in [0, 0.1) is 17.1 Å². The molecule has 3 nitrogen and oxygen atoms in total. The van der Waals surface area contributed by atoms with Crippen LogP contribution in [0.5, 0.6) is 0 Å². The summed E-state index contributed by atoms with van der Waals surface area (Å²) in [7, 11) is 0. The van der Waals surface area contributed by atoms with Gasteiger partial charge in [-0.3, -0.25) is 0 Å². The summed E-state index contributed by atoms with van der Waals surface area (Å²) < 4.78 is 12.8. The summed E-state index contributed by atoms with van der Waals surface area (Å²) in [5, 5.41) is 17.1. The molecule has 0 aromatic heterocycles. The maximum absolute atomic E-state index is 12.8. The Kier molecular flexibility index (Phi) is 2.54. The lowest BCUT2D eigenvalue weighted by atomic mass is 10.1. The van der Waals surface area contributed by atoms with Crippen molar-refractivity contribution in [3.63, 3.8) is 0 Å². The van der Waals surface area contributed by atoms with Gasteiger partial charge in [0, 0.05) is 4.90 Å². The van der Waals surface area contributed by atoms with Gasteiger partial charge >= 0.3 is 5.97 Å². The Hall–Kier alpha value is -1.54. The van der Waals surface area contributed by atoms with Gasteiger partial charge in [0.1, 0.15) is 11.9 Å². The predicted octanol–water partition coefficient (Wildman–Crippen LogP) is 1.68. The van der Waals surface area contributed by atoms with E-state index in [1.165, 1.54) is 0 Å². The topological polar surface area (TPSA) is 61.1 Å². The third kappa shape index (κ3) is 1.79. The monoisotopic (exact) mass is 197 g/mol. The second-order valence-electron chi connectivity index (χ2n) is 2.27. The maximum atomic E-state index is 12.8. The van der Waals surface area contributed by atoms with Crippen molar-refractivity contribution < 1.29 is 14.3 Å². The summed E-state index contributed by atoms with van der Waals surface area (Å²) in [6.07, 6.45) is 0. The van der Waals surface area contributed by atoms with Crippen LogP contribution in [-0.4, -0.2) is 11.1 Å². The van der Waals surface area contributed by atoms with Gasteiger partial charge in [0.2, 0.25) is 0 Å².